The lowest BCUT2D eigenvalue weighted by Crippen LogP contribution is -2.32. The quantitative estimate of drug-likeness (QED) is 0.705. The topological polar surface area (TPSA) is 20.3 Å². The lowest BCUT2D eigenvalue weighted by atomic mass is 10.1. The Morgan fingerprint density at radius 2 is 2.12 bits per heavy atom. The highest BCUT2D eigenvalue weighted by Crippen LogP contribution is 2.23. The summed E-state index contributed by atoms with van der Waals surface area (Å²) in [7, 11) is 0. The molecule has 1 aromatic rings. The van der Waals surface area contributed by atoms with E-state index in [1.165, 1.54) is 5.56 Å². The summed E-state index contributed by atoms with van der Waals surface area (Å²) in [6, 6.07) is 10.3. The van der Waals surface area contributed by atoms with Crippen molar-refractivity contribution in [2.75, 3.05) is 0 Å². The predicted octanol–water partition coefficient (Wildman–Crippen LogP) is 2.20. The first-order valence-corrected chi connectivity index (χ1v) is 5.58. The zero-order valence-electron chi connectivity index (χ0n) is 9.23. The van der Waals surface area contributed by atoms with Gasteiger partial charge in [-0.1, -0.05) is 30.3 Å². The van der Waals surface area contributed by atoms with E-state index in [4.69, 9.17) is 6.42 Å². The second kappa shape index (κ2) is 4.85. The lowest BCUT2D eigenvalue weighted by Gasteiger charge is -2.23. The first kappa shape index (κ1) is 10.8. The van der Waals surface area contributed by atoms with Crippen molar-refractivity contribution in [3.8, 4) is 12.3 Å². The van der Waals surface area contributed by atoms with Crippen LogP contribution in [-0.2, 0) is 11.3 Å². The third kappa shape index (κ3) is 2.25. The van der Waals surface area contributed by atoms with E-state index in [-0.39, 0.29) is 11.9 Å². The molecule has 1 unspecified atom stereocenters. The number of hydrogen-bond donors (Lipinski definition) is 0. The number of carbonyl (C=O) groups excluding carboxylic acids is 1. The molecule has 1 amide bonds. The van der Waals surface area contributed by atoms with Gasteiger partial charge in [0.2, 0.25) is 5.91 Å². The SMILES string of the molecule is C#CCC1CCC(=O)N1Cc1ccccc1. The summed E-state index contributed by atoms with van der Waals surface area (Å²) in [5.74, 6) is 2.88. The standard InChI is InChI=1S/C14H15NO/c1-2-6-13-9-10-14(16)15(13)11-12-7-4-3-5-8-12/h1,3-5,7-8,13H,6,9-11H2. The van der Waals surface area contributed by atoms with Crippen molar-refractivity contribution in [1.29, 1.82) is 0 Å². The minimum Gasteiger partial charge on any atom is -0.334 e. The molecule has 2 heteroatoms. The van der Waals surface area contributed by atoms with E-state index in [2.05, 4.69) is 5.92 Å². The molecule has 16 heavy (non-hydrogen) atoms. The number of terminal acetylenes is 1. The Labute approximate surface area is 96.3 Å². The molecule has 1 aliphatic heterocycles. The van der Waals surface area contributed by atoms with Crippen LogP contribution in [0.15, 0.2) is 30.3 Å². The Balaban J connectivity index is 2.07. The molecule has 1 saturated heterocycles. The maximum atomic E-state index is 11.7. The van der Waals surface area contributed by atoms with Crippen LogP contribution >= 0.6 is 0 Å². The number of likely N-dealkylation sites (tertiary alicyclic amines) is 1. The number of nitrogens with zero attached hydrogens (tertiary/aromatic N) is 1. The van der Waals surface area contributed by atoms with Gasteiger partial charge in [-0.15, -0.1) is 12.3 Å². The van der Waals surface area contributed by atoms with Crippen LogP contribution in [0.2, 0.25) is 0 Å². The number of benzene rings is 1. The third-order valence-electron chi connectivity index (χ3n) is 3.00. The van der Waals surface area contributed by atoms with Gasteiger partial charge >= 0.3 is 0 Å². The van der Waals surface area contributed by atoms with Crippen molar-refractivity contribution >= 4 is 5.91 Å². The third-order valence-corrected chi connectivity index (χ3v) is 3.00. The van der Waals surface area contributed by atoms with E-state index in [9.17, 15) is 4.79 Å². The van der Waals surface area contributed by atoms with Gasteiger partial charge < -0.3 is 4.90 Å². The van der Waals surface area contributed by atoms with Crippen LogP contribution in [0.4, 0.5) is 0 Å². The maximum absolute atomic E-state index is 11.7. The van der Waals surface area contributed by atoms with Crippen LogP contribution in [-0.4, -0.2) is 16.8 Å². The molecule has 0 radical (unpaired) electrons. The Morgan fingerprint density at radius 3 is 2.81 bits per heavy atom. The zero-order valence-corrected chi connectivity index (χ0v) is 9.23. The highest BCUT2D eigenvalue weighted by molar-refractivity contribution is 5.78. The molecular formula is C14H15NO. The van der Waals surface area contributed by atoms with Crippen LogP contribution in [0.3, 0.4) is 0 Å². The largest absolute Gasteiger partial charge is 0.334 e. The van der Waals surface area contributed by atoms with Gasteiger partial charge in [0.25, 0.3) is 0 Å². The summed E-state index contributed by atoms with van der Waals surface area (Å²) in [5.41, 5.74) is 1.17. The van der Waals surface area contributed by atoms with Crippen LogP contribution in [0.5, 0.6) is 0 Å². The van der Waals surface area contributed by atoms with E-state index < -0.39 is 0 Å². The number of amides is 1. The molecule has 0 N–H and O–H groups in total. The van der Waals surface area contributed by atoms with Gasteiger partial charge in [0.15, 0.2) is 0 Å². The van der Waals surface area contributed by atoms with Crippen molar-refractivity contribution in [3.63, 3.8) is 0 Å². The normalized spacial score (nSPS) is 19.8. The minimum absolute atomic E-state index is 0.226. The molecule has 0 bridgehead atoms. The van der Waals surface area contributed by atoms with Crippen LogP contribution in [0, 0.1) is 12.3 Å². The molecule has 2 nitrogen and oxygen atoms in total. The summed E-state index contributed by atoms with van der Waals surface area (Å²) in [6.07, 6.45) is 7.52. The number of hydrogen-bond acceptors (Lipinski definition) is 1. The summed E-state index contributed by atoms with van der Waals surface area (Å²) in [4.78, 5) is 13.6. The Kier molecular flexibility index (Phi) is 3.26. The fourth-order valence-electron chi connectivity index (χ4n) is 2.14. The molecule has 1 aromatic carbocycles. The van der Waals surface area contributed by atoms with Crippen molar-refractivity contribution in [2.45, 2.75) is 31.8 Å². The van der Waals surface area contributed by atoms with Crippen molar-refractivity contribution in [1.82, 2.24) is 4.90 Å². The maximum Gasteiger partial charge on any atom is 0.223 e. The fraction of sp³-hybridized carbons (Fsp3) is 0.357. The van der Waals surface area contributed by atoms with Crippen LogP contribution in [0.25, 0.3) is 0 Å². The van der Waals surface area contributed by atoms with Gasteiger partial charge in [0.05, 0.1) is 0 Å². The van der Waals surface area contributed by atoms with Crippen molar-refractivity contribution in [3.05, 3.63) is 35.9 Å². The van der Waals surface area contributed by atoms with Crippen molar-refractivity contribution < 1.29 is 4.79 Å². The average molecular weight is 213 g/mol. The highest BCUT2D eigenvalue weighted by Gasteiger charge is 2.29. The van der Waals surface area contributed by atoms with E-state index in [0.717, 1.165) is 6.42 Å². The smallest absolute Gasteiger partial charge is 0.223 e. The van der Waals surface area contributed by atoms with Gasteiger partial charge in [-0.2, -0.15) is 0 Å². The first-order valence-electron chi connectivity index (χ1n) is 5.58. The summed E-state index contributed by atoms with van der Waals surface area (Å²) in [5, 5.41) is 0. The van der Waals surface area contributed by atoms with Gasteiger partial charge in [-0.3, -0.25) is 4.79 Å². The molecule has 0 aromatic heterocycles. The number of carbonyl (C=O) groups is 1. The molecular weight excluding hydrogens is 198 g/mol. The number of rotatable bonds is 3. The van der Waals surface area contributed by atoms with E-state index in [0.29, 0.717) is 19.4 Å². The molecule has 1 aliphatic rings. The van der Waals surface area contributed by atoms with Crippen LogP contribution < -0.4 is 0 Å². The van der Waals surface area contributed by atoms with Gasteiger partial charge in [0, 0.05) is 25.4 Å². The summed E-state index contributed by atoms with van der Waals surface area (Å²) >= 11 is 0. The molecule has 0 spiro atoms. The average Bonchev–Trinajstić information content (AvgIpc) is 2.64. The van der Waals surface area contributed by atoms with Gasteiger partial charge in [-0.25, -0.2) is 0 Å². The second-order valence-electron chi connectivity index (χ2n) is 4.11. The first-order chi connectivity index (χ1) is 7.81. The van der Waals surface area contributed by atoms with E-state index in [1.807, 2.05) is 35.2 Å². The lowest BCUT2D eigenvalue weighted by molar-refractivity contribution is -0.129. The predicted molar refractivity (Wildman–Crippen MR) is 63.5 cm³/mol. The summed E-state index contributed by atoms with van der Waals surface area (Å²) < 4.78 is 0. The zero-order chi connectivity index (χ0) is 11.4. The van der Waals surface area contributed by atoms with E-state index in [1.54, 1.807) is 0 Å². The Morgan fingerprint density at radius 1 is 1.38 bits per heavy atom. The highest BCUT2D eigenvalue weighted by atomic mass is 16.2. The molecule has 82 valence electrons. The monoisotopic (exact) mass is 213 g/mol. The van der Waals surface area contributed by atoms with Crippen LogP contribution in [0.1, 0.15) is 24.8 Å². The Hall–Kier alpha value is -1.75. The van der Waals surface area contributed by atoms with E-state index >= 15 is 0 Å². The minimum atomic E-state index is 0.226. The molecule has 0 aliphatic carbocycles. The fourth-order valence-corrected chi connectivity index (χ4v) is 2.14. The molecule has 1 atom stereocenters. The van der Waals surface area contributed by atoms with Gasteiger partial charge in [-0.05, 0) is 12.0 Å². The molecule has 1 heterocycles. The summed E-state index contributed by atoms with van der Waals surface area (Å²) in [6.45, 7) is 0.687. The van der Waals surface area contributed by atoms with Gasteiger partial charge in [0.1, 0.15) is 0 Å². The van der Waals surface area contributed by atoms with Crippen molar-refractivity contribution in [2.24, 2.45) is 0 Å². The second-order valence-corrected chi connectivity index (χ2v) is 4.11. The molecule has 2 rings (SSSR count). The molecule has 0 saturated carbocycles. The Bertz CT molecular complexity index is 404. The molecule has 1 fully saturated rings.